The fraction of sp³-hybridized carbons (Fsp3) is 0.267. The van der Waals surface area contributed by atoms with E-state index in [1.807, 2.05) is 0 Å². The monoisotopic (exact) mass is 303 g/mol. The molecule has 116 valence electrons. The van der Waals surface area contributed by atoms with Crippen LogP contribution in [-0.2, 0) is 16.1 Å². The summed E-state index contributed by atoms with van der Waals surface area (Å²) < 4.78 is 6.54. The quantitative estimate of drug-likeness (QED) is 0.832. The van der Waals surface area contributed by atoms with Crippen molar-refractivity contribution in [1.29, 1.82) is 0 Å². The van der Waals surface area contributed by atoms with Gasteiger partial charge in [0.25, 0.3) is 5.91 Å². The van der Waals surface area contributed by atoms with Crippen molar-refractivity contribution in [3.63, 3.8) is 0 Å². The van der Waals surface area contributed by atoms with Crippen LogP contribution in [0.3, 0.4) is 0 Å². The van der Waals surface area contributed by atoms with Crippen LogP contribution in [0.2, 0.25) is 0 Å². The van der Waals surface area contributed by atoms with Crippen molar-refractivity contribution in [3.05, 3.63) is 48.3 Å². The Bertz CT molecular complexity index is 639. The molecule has 1 aromatic heterocycles. The number of carbonyl (C=O) groups excluding carboxylic acids is 1. The zero-order chi connectivity index (χ0) is 15.9. The van der Waals surface area contributed by atoms with Gasteiger partial charge in [0.15, 0.2) is 5.69 Å². The molecule has 0 saturated carbocycles. The van der Waals surface area contributed by atoms with Crippen molar-refractivity contribution in [2.24, 2.45) is 0 Å². The Balaban J connectivity index is 2.21. The highest BCUT2D eigenvalue weighted by Gasteiger charge is 2.22. The molecule has 2 aromatic rings. The maximum atomic E-state index is 12.5. The number of amides is 1. The fourth-order valence-electron chi connectivity index (χ4n) is 1.95. The van der Waals surface area contributed by atoms with Crippen LogP contribution >= 0.6 is 0 Å². The van der Waals surface area contributed by atoms with E-state index in [9.17, 15) is 9.59 Å². The van der Waals surface area contributed by atoms with Crippen LogP contribution < -0.4 is 4.90 Å². The topological polar surface area (TPSA) is 84.7 Å². The van der Waals surface area contributed by atoms with E-state index in [-0.39, 0.29) is 5.69 Å². The van der Waals surface area contributed by atoms with Crippen molar-refractivity contribution in [2.75, 3.05) is 25.2 Å². The Morgan fingerprint density at radius 3 is 2.64 bits per heavy atom. The van der Waals surface area contributed by atoms with Gasteiger partial charge >= 0.3 is 5.97 Å². The van der Waals surface area contributed by atoms with Crippen molar-refractivity contribution in [1.82, 2.24) is 9.78 Å². The van der Waals surface area contributed by atoms with E-state index in [0.29, 0.717) is 18.8 Å². The summed E-state index contributed by atoms with van der Waals surface area (Å²) in [5.41, 5.74) is 0.711. The maximum Gasteiger partial charge on any atom is 0.323 e. The Morgan fingerprint density at radius 2 is 2.00 bits per heavy atom. The molecular weight excluding hydrogens is 286 g/mol. The van der Waals surface area contributed by atoms with Gasteiger partial charge in [-0.3, -0.25) is 19.2 Å². The summed E-state index contributed by atoms with van der Waals surface area (Å²) in [6.45, 7) is 0.578. The summed E-state index contributed by atoms with van der Waals surface area (Å²) in [5, 5.41) is 13.2. The summed E-state index contributed by atoms with van der Waals surface area (Å²) in [5.74, 6) is -1.54. The number of nitrogens with zero attached hydrogens (tertiary/aromatic N) is 3. The molecule has 1 N–H and O–H groups in total. The van der Waals surface area contributed by atoms with Gasteiger partial charge < -0.3 is 9.84 Å². The minimum atomic E-state index is -1.09. The number of hydrogen-bond donors (Lipinski definition) is 1. The number of methoxy groups -OCH3 is 1. The number of anilines is 1. The third kappa shape index (κ3) is 3.92. The highest BCUT2D eigenvalue weighted by Crippen LogP contribution is 2.16. The molecule has 0 unspecified atom stereocenters. The van der Waals surface area contributed by atoms with Crippen molar-refractivity contribution < 1.29 is 19.4 Å². The largest absolute Gasteiger partial charge is 0.480 e. The summed E-state index contributed by atoms with van der Waals surface area (Å²) in [4.78, 5) is 24.7. The number of carboxylic acids is 1. The average molecular weight is 303 g/mol. The minimum Gasteiger partial charge on any atom is -0.480 e. The van der Waals surface area contributed by atoms with Gasteiger partial charge in [0.2, 0.25) is 0 Å². The number of hydrogen-bond acceptors (Lipinski definition) is 4. The Labute approximate surface area is 127 Å². The second kappa shape index (κ2) is 7.37. The van der Waals surface area contributed by atoms with E-state index in [2.05, 4.69) is 5.10 Å². The molecule has 0 spiro atoms. The highest BCUT2D eigenvalue weighted by atomic mass is 16.5. The van der Waals surface area contributed by atoms with Gasteiger partial charge in [-0.05, 0) is 18.2 Å². The maximum absolute atomic E-state index is 12.5. The molecular formula is C15H17N3O4. The molecule has 7 nitrogen and oxygen atoms in total. The third-order valence-corrected chi connectivity index (χ3v) is 2.99. The standard InChI is InChI=1S/C15H17N3O4/c1-22-10-9-17-8-7-13(16-17)15(21)18(11-14(19)20)12-5-3-2-4-6-12/h2-8H,9-11H2,1H3,(H,19,20). The first-order valence-electron chi connectivity index (χ1n) is 6.73. The van der Waals surface area contributed by atoms with Crippen molar-refractivity contribution in [3.8, 4) is 0 Å². The van der Waals surface area contributed by atoms with Crippen LogP contribution in [0.5, 0.6) is 0 Å². The minimum absolute atomic E-state index is 0.196. The molecule has 0 fully saturated rings. The normalized spacial score (nSPS) is 10.4. The van der Waals surface area contributed by atoms with Crippen LogP contribution in [0.15, 0.2) is 42.6 Å². The molecule has 0 radical (unpaired) electrons. The first-order valence-corrected chi connectivity index (χ1v) is 6.73. The molecule has 0 atom stereocenters. The van der Waals surface area contributed by atoms with Gasteiger partial charge in [0.05, 0.1) is 13.2 Å². The number of carbonyl (C=O) groups is 2. The van der Waals surface area contributed by atoms with E-state index < -0.39 is 18.4 Å². The first kappa shape index (κ1) is 15.7. The second-order valence-corrected chi connectivity index (χ2v) is 4.58. The van der Waals surface area contributed by atoms with Gasteiger partial charge in [-0.15, -0.1) is 0 Å². The Kier molecular flexibility index (Phi) is 5.26. The molecule has 0 aliphatic heterocycles. The van der Waals surface area contributed by atoms with Gasteiger partial charge in [0.1, 0.15) is 6.54 Å². The number of para-hydroxylation sites is 1. The van der Waals surface area contributed by atoms with Crippen LogP contribution in [-0.4, -0.2) is 47.0 Å². The van der Waals surface area contributed by atoms with E-state index in [1.54, 1.807) is 54.4 Å². The lowest BCUT2D eigenvalue weighted by Crippen LogP contribution is -2.36. The van der Waals surface area contributed by atoms with E-state index in [4.69, 9.17) is 9.84 Å². The zero-order valence-electron chi connectivity index (χ0n) is 12.2. The van der Waals surface area contributed by atoms with Gasteiger partial charge in [-0.1, -0.05) is 18.2 Å². The summed E-state index contributed by atoms with van der Waals surface area (Å²) in [6, 6.07) is 10.2. The van der Waals surface area contributed by atoms with Crippen molar-refractivity contribution in [2.45, 2.75) is 6.54 Å². The summed E-state index contributed by atoms with van der Waals surface area (Å²) >= 11 is 0. The SMILES string of the molecule is COCCn1ccc(C(=O)N(CC(=O)O)c2ccccc2)n1. The highest BCUT2D eigenvalue weighted by molar-refractivity contribution is 6.06. The van der Waals surface area contributed by atoms with Crippen molar-refractivity contribution >= 4 is 17.6 Å². The molecule has 1 heterocycles. The van der Waals surface area contributed by atoms with Crippen LogP contribution in [0, 0.1) is 0 Å². The number of benzene rings is 1. The molecule has 1 amide bonds. The van der Waals surface area contributed by atoms with E-state index >= 15 is 0 Å². The second-order valence-electron chi connectivity index (χ2n) is 4.58. The number of carboxylic acid groups (broad SMARTS) is 1. The fourth-order valence-corrected chi connectivity index (χ4v) is 1.95. The molecule has 0 saturated heterocycles. The first-order chi connectivity index (χ1) is 10.6. The molecule has 7 heteroatoms. The molecule has 0 aliphatic rings. The number of ether oxygens (including phenoxy) is 1. The van der Waals surface area contributed by atoms with Gasteiger partial charge in [-0.25, -0.2) is 0 Å². The molecule has 1 aromatic carbocycles. The van der Waals surface area contributed by atoms with Gasteiger partial charge in [-0.2, -0.15) is 5.10 Å². The zero-order valence-corrected chi connectivity index (χ0v) is 12.2. The number of rotatable bonds is 7. The lowest BCUT2D eigenvalue weighted by Gasteiger charge is -2.19. The molecule has 0 aliphatic carbocycles. The van der Waals surface area contributed by atoms with E-state index in [0.717, 1.165) is 0 Å². The summed E-state index contributed by atoms with van der Waals surface area (Å²) in [7, 11) is 1.58. The average Bonchev–Trinajstić information content (AvgIpc) is 2.99. The van der Waals surface area contributed by atoms with Gasteiger partial charge in [0, 0.05) is 19.0 Å². The molecule has 2 rings (SSSR count). The number of aliphatic carboxylic acids is 1. The van der Waals surface area contributed by atoms with Crippen LogP contribution in [0.1, 0.15) is 10.5 Å². The predicted octanol–water partition coefficient (Wildman–Crippen LogP) is 1.26. The molecule has 22 heavy (non-hydrogen) atoms. The number of aromatic nitrogens is 2. The van der Waals surface area contributed by atoms with E-state index in [1.165, 1.54) is 4.90 Å². The predicted molar refractivity (Wildman–Crippen MR) is 79.9 cm³/mol. The smallest absolute Gasteiger partial charge is 0.323 e. The van der Waals surface area contributed by atoms with Crippen LogP contribution in [0.25, 0.3) is 0 Å². The Hall–Kier alpha value is -2.67. The lowest BCUT2D eigenvalue weighted by atomic mass is 10.2. The lowest BCUT2D eigenvalue weighted by molar-refractivity contribution is -0.135. The third-order valence-electron chi connectivity index (χ3n) is 2.99. The van der Waals surface area contributed by atoms with Crippen LogP contribution in [0.4, 0.5) is 5.69 Å². The summed E-state index contributed by atoms with van der Waals surface area (Å²) in [6.07, 6.45) is 1.66. The molecule has 0 bridgehead atoms. The Morgan fingerprint density at radius 1 is 1.27 bits per heavy atom.